The molecule has 0 spiro atoms. The van der Waals surface area contributed by atoms with Crippen molar-refractivity contribution in [3.63, 3.8) is 0 Å². The van der Waals surface area contributed by atoms with Crippen molar-refractivity contribution in [1.29, 1.82) is 0 Å². The first-order chi connectivity index (χ1) is 8.98. The zero-order chi connectivity index (χ0) is 14.2. The second kappa shape index (κ2) is 5.43. The lowest BCUT2D eigenvalue weighted by Gasteiger charge is -2.44. The number of halogens is 1. The minimum atomic E-state index is 0.0190. The van der Waals surface area contributed by atoms with Crippen molar-refractivity contribution in [3.8, 4) is 5.75 Å². The van der Waals surface area contributed by atoms with Crippen molar-refractivity contribution in [2.24, 2.45) is 5.73 Å². The summed E-state index contributed by atoms with van der Waals surface area (Å²) < 4.78 is 12.4. The van der Waals surface area contributed by atoms with Crippen LogP contribution in [0.1, 0.15) is 28.7 Å². The summed E-state index contributed by atoms with van der Waals surface area (Å²) in [5, 5.41) is 0. The molecule has 106 valence electrons. The predicted octanol–water partition coefficient (Wildman–Crippen LogP) is 3.00. The number of methoxy groups -OCH3 is 1. The number of hydrogen-bond acceptors (Lipinski definition) is 3. The standard InChI is InChI=1S/C15H22BrNO2/c1-9-10(2)14(18-4)12(11(3)13(9)16)15(5-6-17)7-19-8-15/h5-8,17H2,1-4H3. The first-order valence-corrected chi connectivity index (χ1v) is 7.39. The Hall–Kier alpha value is -0.580. The van der Waals surface area contributed by atoms with Gasteiger partial charge in [0.2, 0.25) is 0 Å². The summed E-state index contributed by atoms with van der Waals surface area (Å²) >= 11 is 3.71. The highest BCUT2D eigenvalue weighted by atomic mass is 79.9. The van der Waals surface area contributed by atoms with Gasteiger partial charge in [-0.15, -0.1) is 0 Å². The van der Waals surface area contributed by atoms with E-state index in [-0.39, 0.29) is 5.41 Å². The molecule has 0 aromatic heterocycles. The molecule has 0 amide bonds. The van der Waals surface area contributed by atoms with Crippen LogP contribution in [0.3, 0.4) is 0 Å². The minimum Gasteiger partial charge on any atom is -0.496 e. The van der Waals surface area contributed by atoms with Crippen LogP contribution in [0.5, 0.6) is 5.75 Å². The molecule has 19 heavy (non-hydrogen) atoms. The van der Waals surface area contributed by atoms with Crippen molar-refractivity contribution >= 4 is 15.9 Å². The Balaban J connectivity index is 2.68. The molecule has 0 atom stereocenters. The van der Waals surface area contributed by atoms with E-state index < -0.39 is 0 Å². The Morgan fingerprint density at radius 3 is 2.26 bits per heavy atom. The molecule has 1 aromatic rings. The third-order valence-electron chi connectivity index (χ3n) is 4.28. The quantitative estimate of drug-likeness (QED) is 0.924. The van der Waals surface area contributed by atoms with Crippen molar-refractivity contribution < 1.29 is 9.47 Å². The molecule has 4 heteroatoms. The summed E-state index contributed by atoms with van der Waals surface area (Å²) in [7, 11) is 1.74. The molecule has 0 aliphatic carbocycles. The van der Waals surface area contributed by atoms with Crippen LogP contribution in [0.4, 0.5) is 0 Å². The molecular formula is C15H22BrNO2. The predicted molar refractivity (Wildman–Crippen MR) is 81.1 cm³/mol. The van der Waals surface area contributed by atoms with Crippen molar-refractivity contribution in [2.45, 2.75) is 32.6 Å². The molecule has 1 aromatic carbocycles. The highest BCUT2D eigenvalue weighted by Crippen LogP contribution is 2.47. The van der Waals surface area contributed by atoms with E-state index in [1.165, 1.54) is 26.7 Å². The van der Waals surface area contributed by atoms with Gasteiger partial charge in [-0.2, -0.15) is 0 Å². The van der Waals surface area contributed by atoms with E-state index in [2.05, 4.69) is 36.7 Å². The smallest absolute Gasteiger partial charge is 0.126 e. The summed E-state index contributed by atoms with van der Waals surface area (Å²) in [6.07, 6.45) is 0.930. The Labute approximate surface area is 123 Å². The van der Waals surface area contributed by atoms with Crippen LogP contribution in [0.2, 0.25) is 0 Å². The lowest BCUT2D eigenvalue weighted by Crippen LogP contribution is -2.48. The van der Waals surface area contributed by atoms with E-state index in [9.17, 15) is 0 Å². The van der Waals surface area contributed by atoms with Crippen LogP contribution >= 0.6 is 15.9 Å². The van der Waals surface area contributed by atoms with Crippen LogP contribution < -0.4 is 10.5 Å². The summed E-state index contributed by atoms with van der Waals surface area (Å²) in [6, 6.07) is 0. The number of ether oxygens (including phenoxy) is 2. The van der Waals surface area contributed by atoms with E-state index in [4.69, 9.17) is 15.2 Å². The lowest BCUT2D eigenvalue weighted by atomic mass is 9.72. The average Bonchev–Trinajstić information content (AvgIpc) is 2.36. The van der Waals surface area contributed by atoms with Crippen molar-refractivity contribution in [3.05, 3.63) is 26.7 Å². The molecule has 0 saturated carbocycles. The van der Waals surface area contributed by atoms with Gasteiger partial charge in [0.15, 0.2) is 0 Å². The van der Waals surface area contributed by atoms with Crippen LogP contribution in [0.25, 0.3) is 0 Å². The lowest BCUT2D eigenvalue weighted by molar-refractivity contribution is -0.0643. The van der Waals surface area contributed by atoms with Crippen LogP contribution in [-0.2, 0) is 10.2 Å². The van der Waals surface area contributed by atoms with Crippen LogP contribution in [0.15, 0.2) is 4.47 Å². The van der Waals surface area contributed by atoms with Gasteiger partial charge in [0.25, 0.3) is 0 Å². The van der Waals surface area contributed by atoms with Gasteiger partial charge in [-0.05, 0) is 50.4 Å². The summed E-state index contributed by atoms with van der Waals surface area (Å²) in [5.74, 6) is 0.995. The maximum atomic E-state index is 5.80. The third kappa shape index (κ3) is 2.20. The first-order valence-electron chi connectivity index (χ1n) is 6.60. The van der Waals surface area contributed by atoms with Gasteiger partial charge >= 0.3 is 0 Å². The van der Waals surface area contributed by atoms with E-state index in [1.807, 2.05) is 0 Å². The fourth-order valence-corrected chi connectivity index (χ4v) is 3.51. The van der Waals surface area contributed by atoms with Crippen LogP contribution in [0, 0.1) is 20.8 Å². The van der Waals surface area contributed by atoms with E-state index in [0.717, 1.165) is 25.4 Å². The third-order valence-corrected chi connectivity index (χ3v) is 5.47. The molecule has 1 saturated heterocycles. The number of nitrogens with two attached hydrogens (primary N) is 1. The van der Waals surface area contributed by atoms with Gasteiger partial charge in [0, 0.05) is 15.5 Å². The maximum absolute atomic E-state index is 5.80. The molecule has 1 heterocycles. The normalized spacial score (nSPS) is 17.2. The Kier molecular flexibility index (Phi) is 4.23. The SMILES string of the molecule is COc1c(C)c(C)c(Br)c(C)c1C1(CCN)COC1. The molecule has 3 nitrogen and oxygen atoms in total. The summed E-state index contributed by atoms with van der Waals surface area (Å²) in [6.45, 7) is 8.50. The van der Waals surface area contributed by atoms with Gasteiger partial charge in [0.05, 0.1) is 20.3 Å². The zero-order valence-electron chi connectivity index (χ0n) is 12.1. The average molecular weight is 328 g/mol. The fourth-order valence-electron chi connectivity index (χ4n) is 3.02. The molecule has 2 rings (SSSR count). The number of rotatable bonds is 4. The maximum Gasteiger partial charge on any atom is 0.126 e. The molecule has 0 unspecified atom stereocenters. The van der Waals surface area contributed by atoms with Gasteiger partial charge in [0.1, 0.15) is 5.75 Å². The van der Waals surface area contributed by atoms with Gasteiger partial charge in [-0.1, -0.05) is 15.9 Å². The molecular weight excluding hydrogens is 306 g/mol. The Bertz CT molecular complexity index is 496. The van der Waals surface area contributed by atoms with Crippen molar-refractivity contribution in [1.82, 2.24) is 0 Å². The Morgan fingerprint density at radius 1 is 1.21 bits per heavy atom. The highest BCUT2D eigenvalue weighted by Gasteiger charge is 2.43. The van der Waals surface area contributed by atoms with Crippen LogP contribution in [-0.4, -0.2) is 26.9 Å². The topological polar surface area (TPSA) is 44.5 Å². The van der Waals surface area contributed by atoms with E-state index in [0.29, 0.717) is 6.54 Å². The second-order valence-electron chi connectivity index (χ2n) is 5.41. The molecule has 2 N–H and O–H groups in total. The van der Waals surface area contributed by atoms with Gasteiger partial charge < -0.3 is 15.2 Å². The van der Waals surface area contributed by atoms with Crippen molar-refractivity contribution in [2.75, 3.05) is 26.9 Å². The molecule has 0 radical (unpaired) electrons. The molecule has 0 bridgehead atoms. The molecule has 1 aliphatic rings. The Morgan fingerprint density at radius 2 is 1.84 bits per heavy atom. The number of benzene rings is 1. The largest absolute Gasteiger partial charge is 0.496 e. The molecule has 1 aliphatic heterocycles. The highest BCUT2D eigenvalue weighted by molar-refractivity contribution is 9.10. The van der Waals surface area contributed by atoms with E-state index >= 15 is 0 Å². The zero-order valence-corrected chi connectivity index (χ0v) is 13.7. The fraction of sp³-hybridized carbons (Fsp3) is 0.600. The monoisotopic (exact) mass is 327 g/mol. The summed E-state index contributed by atoms with van der Waals surface area (Å²) in [4.78, 5) is 0. The van der Waals surface area contributed by atoms with E-state index in [1.54, 1.807) is 7.11 Å². The minimum absolute atomic E-state index is 0.0190. The first kappa shape index (κ1) is 14.8. The van der Waals surface area contributed by atoms with Gasteiger partial charge in [-0.25, -0.2) is 0 Å². The molecule has 1 fully saturated rings. The summed E-state index contributed by atoms with van der Waals surface area (Å²) in [5.41, 5.74) is 10.8. The second-order valence-corrected chi connectivity index (χ2v) is 6.20. The van der Waals surface area contributed by atoms with Gasteiger partial charge in [-0.3, -0.25) is 0 Å². The number of hydrogen-bond donors (Lipinski definition) is 1.